The molecule has 8 heteroatoms. The van der Waals surface area contributed by atoms with Crippen LogP contribution in [0.4, 0.5) is 14.9 Å². The largest absolute Gasteiger partial charge is 0.507 e. The van der Waals surface area contributed by atoms with Crippen LogP contribution >= 0.6 is 0 Å². The minimum atomic E-state index is -0.426. The molecule has 212 valence electrons. The van der Waals surface area contributed by atoms with Crippen LogP contribution in [0.15, 0.2) is 72.8 Å². The van der Waals surface area contributed by atoms with E-state index in [1.807, 2.05) is 18.2 Å². The number of aromatic hydroxyl groups is 1. The van der Waals surface area contributed by atoms with Gasteiger partial charge < -0.3 is 15.7 Å². The Morgan fingerprint density at radius 2 is 1.73 bits per heavy atom. The number of hydrogen-bond donors (Lipinski definition) is 3. The first-order chi connectivity index (χ1) is 19.6. The maximum absolute atomic E-state index is 13.6. The van der Waals surface area contributed by atoms with E-state index in [0.29, 0.717) is 28.1 Å². The molecule has 1 aromatic heterocycles. The van der Waals surface area contributed by atoms with Crippen molar-refractivity contribution < 1.29 is 19.1 Å². The summed E-state index contributed by atoms with van der Waals surface area (Å²) in [6, 6.07) is 19.8. The smallest absolute Gasteiger partial charge is 0.342 e. The normalized spacial score (nSPS) is 13.8. The minimum absolute atomic E-state index is 0.0136. The van der Waals surface area contributed by atoms with Gasteiger partial charge in [-0.2, -0.15) is 9.78 Å². The molecule has 1 saturated carbocycles. The Morgan fingerprint density at radius 3 is 2.41 bits per heavy atom. The van der Waals surface area contributed by atoms with E-state index in [2.05, 4.69) is 36.5 Å². The Balaban J connectivity index is 1.39. The Bertz CT molecular complexity index is 1560. The van der Waals surface area contributed by atoms with Crippen LogP contribution in [0.5, 0.6) is 5.75 Å². The van der Waals surface area contributed by atoms with Crippen LogP contribution in [0.3, 0.4) is 0 Å². The summed E-state index contributed by atoms with van der Waals surface area (Å²) in [4.78, 5) is 26.2. The third-order valence-electron chi connectivity index (χ3n) is 7.58. The Labute approximate surface area is 239 Å². The lowest BCUT2D eigenvalue weighted by molar-refractivity contribution is 0.102. The monoisotopic (exact) mass is 554 g/mol. The molecular weight excluding hydrogens is 519 g/mol. The summed E-state index contributed by atoms with van der Waals surface area (Å²) < 4.78 is 15.0. The van der Waals surface area contributed by atoms with Crippen LogP contribution in [0, 0.1) is 5.82 Å². The number of aromatic nitrogens is 2. The summed E-state index contributed by atoms with van der Waals surface area (Å²) in [5.41, 5.74) is 4.38. The lowest BCUT2D eigenvalue weighted by atomic mass is 9.87. The van der Waals surface area contributed by atoms with E-state index in [1.165, 1.54) is 22.9 Å². The molecule has 41 heavy (non-hydrogen) atoms. The minimum Gasteiger partial charge on any atom is -0.507 e. The van der Waals surface area contributed by atoms with Gasteiger partial charge in [0, 0.05) is 29.3 Å². The molecule has 0 spiro atoms. The van der Waals surface area contributed by atoms with Gasteiger partial charge >= 0.3 is 6.03 Å². The predicted octanol–water partition coefficient (Wildman–Crippen LogP) is 7.36. The first-order valence-electron chi connectivity index (χ1n) is 14.0. The van der Waals surface area contributed by atoms with Gasteiger partial charge in [0.25, 0.3) is 5.91 Å². The lowest BCUT2D eigenvalue weighted by Gasteiger charge is -2.19. The van der Waals surface area contributed by atoms with Gasteiger partial charge in [-0.25, -0.2) is 9.18 Å². The van der Waals surface area contributed by atoms with E-state index in [9.17, 15) is 19.1 Å². The second kappa shape index (κ2) is 11.6. The second-order valence-electron chi connectivity index (χ2n) is 11.6. The van der Waals surface area contributed by atoms with E-state index in [1.54, 1.807) is 36.4 Å². The number of rotatable bonds is 6. The van der Waals surface area contributed by atoms with Crippen LogP contribution < -0.4 is 10.6 Å². The topological polar surface area (TPSA) is 96.2 Å². The zero-order valence-electron chi connectivity index (χ0n) is 23.6. The number of phenolic OH excluding ortho intramolecular Hbond substituents is 1. The van der Waals surface area contributed by atoms with Gasteiger partial charge in [0.1, 0.15) is 11.6 Å². The van der Waals surface area contributed by atoms with Crippen LogP contribution in [-0.4, -0.2) is 26.8 Å². The zero-order valence-corrected chi connectivity index (χ0v) is 23.6. The average molecular weight is 555 g/mol. The molecular formula is C33H35FN4O3. The van der Waals surface area contributed by atoms with Crippen LogP contribution in [0.25, 0.3) is 11.3 Å². The summed E-state index contributed by atoms with van der Waals surface area (Å²) >= 11 is 0. The SMILES string of the molecule is CC(C)(C)c1ccc(C(=O)Nc2ccc(O)c(-c3cc(C4CCCC4)n(C(=O)NCc4cccc(F)c4)n3)c2)cc1. The maximum Gasteiger partial charge on any atom is 0.342 e. The lowest BCUT2D eigenvalue weighted by Crippen LogP contribution is -2.30. The first kappa shape index (κ1) is 28.1. The highest BCUT2D eigenvalue weighted by molar-refractivity contribution is 6.04. The van der Waals surface area contributed by atoms with E-state index < -0.39 is 6.03 Å². The summed E-state index contributed by atoms with van der Waals surface area (Å²) in [5, 5.41) is 21.0. The number of phenols is 1. The number of benzene rings is 3. The van der Waals surface area contributed by atoms with Crippen molar-refractivity contribution in [1.29, 1.82) is 0 Å². The number of anilines is 1. The second-order valence-corrected chi connectivity index (χ2v) is 11.6. The summed E-state index contributed by atoms with van der Waals surface area (Å²) in [6.07, 6.45) is 4.02. The van der Waals surface area contributed by atoms with Crippen molar-refractivity contribution in [2.24, 2.45) is 0 Å². The first-order valence-corrected chi connectivity index (χ1v) is 14.0. The van der Waals surface area contributed by atoms with Gasteiger partial charge in [-0.1, -0.05) is 57.9 Å². The summed E-state index contributed by atoms with van der Waals surface area (Å²) in [7, 11) is 0. The van der Waals surface area contributed by atoms with Gasteiger partial charge in [0.2, 0.25) is 0 Å². The van der Waals surface area contributed by atoms with Gasteiger partial charge in [-0.05, 0) is 77.9 Å². The highest BCUT2D eigenvalue weighted by Crippen LogP contribution is 2.38. The molecule has 4 aromatic rings. The number of halogens is 1. The molecule has 1 fully saturated rings. The van der Waals surface area contributed by atoms with Crippen LogP contribution in [0.1, 0.15) is 79.6 Å². The van der Waals surface area contributed by atoms with Crippen LogP contribution in [0.2, 0.25) is 0 Å². The van der Waals surface area contributed by atoms with E-state index in [-0.39, 0.29) is 35.4 Å². The number of carbonyl (C=O) groups excluding carboxylic acids is 2. The van der Waals surface area contributed by atoms with Crippen molar-refractivity contribution >= 4 is 17.6 Å². The molecule has 0 saturated heterocycles. The number of amides is 2. The molecule has 0 aliphatic heterocycles. The van der Waals surface area contributed by atoms with E-state index >= 15 is 0 Å². The van der Waals surface area contributed by atoms with Crippen LogP contribution in [-0.2, 0) is 12.0 Å². The van der Waals surface area contributed by atoms with Crippen molar-refractivity contribution in [3.05, 3.63) is 101 Å². The Kier molecular flexibility index (Phi) is 7.92. The Morgan fingerprint density at radius 1 is 1.00 bits per heavy atom. The summed E-state index contributed by atoms with van der Waals surface area (Å²) in [6.45, 7) is 6.51. The van der Waals surface area contributed by atoms with Gasteiger partial charge in [-0.15, -0.1) is 0 Å². The Hall–Kier alpha value is -4.46. The fourth-order valence-corrected chi connectivity index (χ4v) is 5.25. The molecule has 5 rings (SSSR count). The van der Waals surface area contributed by atoms with Gasteiger partial charge in [0.05, 0.1) is 11.4 Å². The molecule has 1 aliphatic carbocycles. The third-order valence-corrected chi connectivity index (χ3v) is 7.58. The van der Waals surface area contributed by atoms with Crippen molar-refractivity contribution in [3.8, 4) is 17.0 Å². The fraction of sp³-hybridized carbons (Fsp3) is 0.303. The molecule has 2 amide bonds. The molecule has 3 N–H and O–H groups in total. The van der Waals surface area contributed by atoms with Crippen molar-refractivity contribution in [3.63, 3.8) is 0 Å². The molecule has 0 radical (unpaired) electrons. The molecule has 0 unspecified atom stereocenters. The number of carbonyl (C=O) groups is 2. The quantitative estimate of drug-likeness (QED) is 0.217. The maximum atomic E-state index is 13.6. The van der Waals surface area contributed by atoms with E-state index in [0.717, 1.165) is 36.9 Å². The van der Waals surface area contributed by atoms with Gasteiger partial charge in [-0.3, -0.25) is 4.79 Å². The van der Waals surface area contributed by atoms with Gasteiger partial charge in [0.15, 0.2) is 0 Å². The van der Waals surface area contributed by atoms with Crippen molar-refractivity contribution in [2.45, 2.75) is 64.3 Å². The van der Waals surface area contributed by atoms with Crippen molar-refractivity contribution in [1.82, 2.24) is 15.1 Å². The standard InChI is InChI=1S/C33H35FN4O3/c1-33(2,3)24-13-11-23(12-14-24)31(40)36-26-15-16-30(39)27(18-26)28-19-29(22-8-4-5-9-22)38(37-28)32(41)35-20-21-7-6-10-25(34)17-21/h6-7,10-19,22,39H,4-5,8-9,20H2,1-3H3,(H,35,41)(H,36,40). The van der Waals surface area contributed by atoms with Crippen molar-refractivity contribution in [2.75, 3.05) is 5.32 Å². The average Bonchev–Trinajstić information content (AvgIpc) is 3.63. The molecule has 3 aromatic carbocycles. The highest BCUT2D eigenvalue weighted by Gasteiger charge is 2.26. The summed E-state index contributed by atoms with van der Waals surface area (Å²) in [5.74, 6) is -0.484. The molecule has 0 atom stereocenters. The highest BCUT2D eigenvalue weighted by atomic mass is 19.1. The molecule has 1 aliphatic rings. The number of nitrogens with zero attached hydrogens (tertiary/aromatic N) is 2. The van der Waals surface area contributed by atoms with E-state index in [4.69, 9.17) is 0 Å². The predicted molar refractivity (Wildman–Crippen MR) is 158 cm³/mol. The molecule has 0 bridgehead atoms. The fourth-order valence-electron chi connectivity index (χ4n) is 5.25. The molecule has 7 nitrogen and oxygen atoms in total. The number of nitrogens with one attached hydrogen (secondary N) is 2. The number of hydrogen-bond acceptors (Lipinski definition) is 4. The zero-order chi connectivity index (χ0) is 29.1. The third kappa shape index (κ3) is 6.48. The molecule has 1 heterocycles.